The summed E-state index contributed by atoms with van der Waals surface area (Å²) in [4.78, 5) is 11.9. The van der Waals surface area contributed by atoms with Gasteiger partial charge in [0.05, 0.1) is 0 Å². The number of hydrogen-bond donors (Lipinski definition) is 0. The number of Topliss-reactive ketones (excluding diaryl/α,β-unsaturated/α-hetero) is 1. The Morgan fingerprint density at radius 3 is 2.15 bits per heavy atom. The zero-order chi connectivity index (χ0) is 19.7. The van der Waals surface area contributed by atoms with Gasteiger partial charge in [0, 0.05) is 16.4 Å². The summed E-state index contributed by atoms with van der Waals surface area (Å²) in [5.74, 6) is 0.111. The molecule has 0 aromatic heterocycles. The van der Waals surface area contributed by atoms with Gasteiger partial charge in [-0.15, -0.1) is 0 Å². The van der Waals surface area contributed by atoms with Crippen molar-refractivity contribution in [2.45, 2.75) is 45.4 Å². The molecule has 0 saturated heterocycles. The van der Waals surface area contributed by atoms with E-state index in [0.717, 1.165) is 11.1 Å². The number of benzene rings is 2. The summed E-state index contributed by atoms with van der Waals surface area (Å²) in [6.07, 6.45) is 3.92. The Hall–Kier alpha value is -2.67. The highest BCUT2D eigenvalue weighted by Gasteiger charge is 2.46. The minimum absolute atomic E-state index is 0.111. The van der Waals surface area contributed by atoms with Crippen molar-refractivity contribution in [3.63, 3.8) is 0 Å². The van der Waals surface area contributed by atoms with E-state index in [4.69, 9.17) is 0 Å². The van der Waals surface area contributed by atoms with Crippen LogP contribution < -0.4 is 0 Å². The summed E-state index contributed by atoms with van der Waals surface area (Å²) in [6, 6.07) is 10.6. The van der Waals surface area contributed by atoms with Crippen LogP contribution in [0.4, 0.5) is 0 Å². The van der Waals surface area contributed by atoms with Crippen LogP contribution in [0.25, 0.3) is 16.7 Å². The smallest absolute Gasteiger partial charge is 0.159 e. The first-order valence-electron chi connectivity index (χ1n) is 9.49. The minimum atomic E-state index is -0.164. The molecular formula is C26H26O. The lowest BCUT2D eigenvalue weighted by Gasteiger charge is -2.30. The van der Waals surface area contributed by atoms with Gasteiger partial charge in [0.2, 0.25) is 0 Å². The van der Waals surface area contributed by atoms with Crippen LogP contribution in [-0.2, 0) is 10.8 Å². The number of ketones is 1. The second-order valence-electron chi connectivity index (χ2n) is 8.77. The number of carbonyl (C=O) groups is 1. The standard InChI is InChI=1S/C26H26O/c1-8-9-18-15(2)25(4,5)23-20(18)12-13-21-19-11-10-17(16(3)27)14-22(19)26(6,7)24(21)23/h8-14H,1-2H2,3-7H3/b18-9+. The normalized spacial score (nSPS) is 19.6. The van der Waals surface area contributed by atoms with E-state index in [2.05, 4.69) is 71.2 Å². The molecule has 2 aromatic carbocycles. The summed E-state index contributed by atoms with van der Waals surface area (Å²) in [7, 11) is 0. The Bertz CT molecular complexity index is 1070. The van der Waals surface area contributed by atoms with Crippen molar-refractivity contribution in [3.05, 3.63) is 89.0 Å². The van der Waals surface area contributed by atoms with Crippen LogP contribution in [0, 0.1) is 0 Å². The van der Waals surface area contributed by atoms with Gasteiger partial charge in [-0.1, -0.05) is 77.3 Å². The molecule has 2 aromatic rings. The summed E-state index contributed by atoms with van der Waals surface area (Å²) in [6.45, 7) is 19.0. The third-order valence-electron chi connectivity index (χ3n) is 6.50. The predicted molar refractivity (Wildman–Crippen MR) is 114 cm³/mol. The van der Waals surface area contributed by atoms with Crippen molar-refractivity contribution < 1.29 is 4.79 Å². The average molecular weight is 354 g/mol. The van der Waals surface area contributed by atoms with Crippen molar-refractivity contribution in [1.29, 1.82) is 0 Å². The molecule has 0 unspecified atom stereocenters. The number of hydrogen-bond acceptors (Lipinski definition) is 1. The second kappa shape index (κ2) is 5.42. The highest BCUT2D eigenvalue weighted by atomic mass is 16.1. The maximum Gasteiger partial charge on any atom is 0.159 e. The molecule has 0 bridgehead atoms. The van der Waals surface area contributed by atoms with E-state index in [1.54, 1.807) is 6.92 Å². The van der Waals surface area contributed by atoms with Gasteiger partial charge in [0.15, 0.2) is 5.78 Å². The van der Waals surface area contributed by atoms with Gasteiger partial charge in [0.1, 0.15) is 0 Å². The van der Waals surface area contributed by atoms with Crippen LogP contribution in [0.5, 0.6) is 0 Å². The van der Waals surface area contributed by atoms with Gasteiger partial charge >= 0.3 is 0 Å². The van der Waals surface area contributed by atoms with Gasteiger partial charge in [0.25, 0.3) is 0 Å². The van der Waals surface area contributed by atoms with Crippen LogP contribution in [0.2, 0.25) is 0 Å². The summed E-state index contributed by atoms with van der Waals surface area (Å²) >= 11 is 0. The third-order valence-corrected chi connectivity index (χ3v) is 6.50. The van der Waals surface area contributed by atoms with Crippen LogP contribution in [-0.4, -0.2) is 5.78 Å². The fourth-order valence-electron chi connectivity index (χ4n) is 4.96. The van der Waals surface area contributed by atoms with Gasteiger partial charge in [-0.2, -0.15) is 0 Å². The van der Waals surface area contributed by atoms with E-state index in [0.29, 0.717) is 0 Å². The first-order chi connectivity index (χ1) is 12.6. The topological polar surface area (TPSA) is 17.1 Å². The predicted octanol–water partition coefficient (Wildman–Crippen LogP) is 6.61. The van der Waals surface area contributed by atoms with Crippen LogP contribution in [0.3, 0.4) is 0 Å². The van der Waals surface area contributed by atoms with E-state index in [-0.39, 0.29) is 16.6 Å². The first-order valence-corrected chi connectivity index (χ1v) is 9.49. The lowest BCUT2D eigenvalue weighted by molar-refractivity contribution is 0.101. The molecule has 0 aliphatic heterocycles. The molecule has 4 rings (SSSR count). The molecule has 0 spiro atoms. The molecule has 0 atom stereocenters. The number of allylic oxidation sites excluding steroid dienone is 4. The molecule has 136 valence electrons. The quantitative estimate of drug-likeness (QED) is 0.554. The van der Waals surface area contributed by atoms with Crippen LogP contribution in [0.1, 0.15) is 67.2 Å². The Morgan fingerprint density at radius 2 is 1.52 bits per heavy atom. The van der Waals surface area contributed by atoms with Crippen molar-refractivity contribution in [3.8, 4) is 11.1 Å². The molecule has 0 amide bonds. The maximum atomic E-state index is 11.9. The van der Waals surface area contributed by atoms with E-state index in [9.17, 15) is 4.79 Å². The van der Waals surface area contributed by atoms with Crippen molar-refractivity contribution in [2.75, 3.05) is 0 Å². The first kappa shape index (κ1) is 17.7. The minimum Gasteiger partial charge on any atom is -0.295 e. The van der Waals surface area contributed by atoms with Gasteiger partial charge in [-0.3, -0.25) is 4.79 Å². The molecule has 1 nitrogen and oxygen atoms in total. The van der Waals surface area contributed by atoms with E-state index >= 15 is 0 Å². The van der Waals surface area contributed by atoms with Gasteiger partial charge < -0.3 is 0 Å². The summed E-state index contributed by atoms with van der Waals surface area (Å²) < 4.78 is 0. The molecule has 0 saturated carbocycles. The van der Waals surface area contributed by atoms with Gasteiger partial charge in [-0.05, 0) is 57.5 Å². The maximum absolute atomic E-state index is 11.9. The van der Waals surface area contributed by atoms with Crippen molar-refractivity contribution >= 4 is 11.4 Å². The van der Waals surface area contributed by atoms with Gasteiger partial charge in [-0.25, -0.2) is 0 Å². The zero-order valence-corrected chi connectivity index (χ0v) is 16.9. The van der Waals surface area contributed by atoms with Crippen LogP contribution in [0.15, 0.2) is 61.2 Å². The number of fused-ring (bicyclic) bond motifs is 5. The lowest BCUT2D eigenvalue weighted by atomic mass is 9.73. The molecule has 0 N–H and O–H groups in total. The fourth-order valence-corrected chi connectivity index (χ4v) is 4.96. The molecule has 2 aliphatic rings. The molecule has 0 heterocycles. The lowest BCUT2D eigenvalue weighted by Crippen LogP contribution is -2.24. The van der Waals surface area contributed by atoms with Crippen molar-refractivity contribution in [1.82, 2.24) is 0 Å². The average Bonchev–Trinajstić information content (AvgIpc) is 2.96. The Balaban J connectivity index is 2.08. The highest BCUT2D eigenvalue weighted by molar-refractivity contribution is 5.98. The second-order valence-corrected chi connectivity index (χ2v) is 8.77. The zero-order valence-electron chi connectivity index (χ0n) is 16.9. The number of carbonyl (C=O) groups excluding carboxylic acids is 1. The summed E-state index contributed by atoms with van der Waals surface area (Å²) in [5.41, 5.74) is 10.6. The third kappa shape index (κ3) is 2.15. The Labute approximate surface area is 162 Å². The molecule has 0 radical (unpaired) electrons. The SMILES string of the molecule is C=C/C=C1\C(=C)C(C)(C)c2c1ccc1c2C(C)(C)c2cc(C(C)=O)ccc2-1. The van der Waals surface area contributed by atoms with E-state index in [1.807, 2.05) is 12.1 Å². The number of rotatable bonds is 2. The molecule has 2 aliphatic carbocycles. The van der Waals surface area contributed by atoms with Crippen molar-refractivity contribution in [2.24, 2.45) is 0 Å². The fraction of sp³-hybridized carbons (Fsp3) is 0.269. The largest absolute Gasteiger partial charge is 0.295 e. The van der Waals surface area contributed by atoms with E-state index < -0.39 is 0 Å². The van der Waals surface area contributed by atoms with Crippen LogP contribution >= 0.6 is 0 Å². The summed E-state index contributed by atoms with van der Waals surface area (Å²) in [5, 5.41) is 0. The molecular weight excluding hydrogens is 328 g/mol. The Kier molecular flexibility index (Phi) is 3.56. The monoisotopic (exact) mass is 354 g/mol. The van der Waals surface area contributed by atoms with E-state index in [1.165, 1.54) is 39.0 Å². The molecule has 27 heavy (non-hydrogen) atoms. The Morgan fingerprint density at radius 1 is 0.926 bits per heavy atom. The molecule has 1 heteroatoms. The molecule has 0 fully saturated rings. The highest BCUT2D eigenvalue weighted by Crippen LogP contribution is 2.58.